The van der Waals surface area contributed by atoms with Gasteiger partial charge in [-0.15, -0.1) is 0 Å². The second-order valence-corrected chi connectivity index (χ2v) is 8.39. The molecule has 4 nitrogen and oxygen atoms in total. The van der Waals surface area contributed by atoms with Crippen LogP contribution in [0.3, 0.4) is 0 Å². The van der Waals surface area contributed by atoms with Gasteiger partial charge in [0.2, 0.25) is 0 Å². The maximum absolute atomic E-state index is 11.7. The molecule has 1 aliphatic rings. The first-order valence-electron chi connectivity index (χ1n) is 11.4. The van der Waals surface area contributed by atoms with E-state index in [-0.39, 0.29) is 5.54 Å². The highest BCUT2D eigenvalue weighted by Crippen LogP contribution is 2.25. The van der Waals surface area contributed by atoms with E-state index >= 15 is 0 Å². The highest BCUT2D eigenvalue weighted by atomic mass is 16.5. The zero-order chi connectivity index (χ0) is 21.1. The summed E-state index contributed by atoms with van der Waals surface area (Å²) >= 11 is 0. The maximum atomic E-state index is 11.7. The van der Waals surface area contributed by atoms with Gasteiger partial charge in [-0.1, -0.05) is 62.2 Å². The number of hydrogen-bond donors (Lipinski definition) is 1. The lowest BCUT2D eigenvalue weighted by Gasteiger charge is -2.35. The number of benzene rings is 2. The van der Waals surface area contributed by atoms with Crippen molar-refractivity contribution in [1.29, 1.82) is 0 Å². The fraction of sp³-hybridized carbons (Fsp3) is 0.500. The molecule has 0 radical (unpaired) electrons. The summed E-state index contributed by atoms with van der Waals surface area (Å²) in [5.74, 6) is 0. The Morgan fingerprint density at radius 2 is 1.63 bits per heavy atom. The minimum absolute atomic E-state index is 0.253. The van der Waals surface area contributed by atoms with Gasteiger partial charge in [0.15, 0.2) is 0 Å². The molecule has 0 aromatic heterocycles. The van der Waals surface area contributed by atoms with Gasteiger partial charge in [-0.05, 0) is 49.1 Å². The van der Waals surface area contributed by atoms with E-state index in [2.05, 4.69) is 65.7 Å². The van der Waals surface area contributed by atoms with E-state index in [1.54, 1.807) is 0 Å². The lowest BCUT2D eigenvalue weighted by Crippen LogP contribution is -2.50. The summed E-state index contributed by atoms with van der Waals surface area (Å²) in [7, 11) is 0. The summed E-state index contributed by atoms with van der Waals surface area (Å²) in [6.07, 6.45) is 6.84. The average Bonchev–Trinajstić information content (AvgIpc) is 2.79. The number of hydrogen-bond acceptors (Lipinski definition) is 4. The number of carbonyl (C=O) groups excluding carboxylic acids is 1. The number of unbranched alkanes of at least 4 members (excludes halogenated alkanes) is 2. The smallest absolute Gasteiger partial charge is 0.121 e. The highest BCUT2D eigenvalue weighted by molar-refractivity contribution is 5.53. The van der Waals surface area contributed by atoms with Crippen molar-refractivity contribution in [3.05, 3.63) is 65.7 Å². The molecule has 2 aromatic carbocycles. The fourth-order valence-electron chi connectivity index (χ4n) is 4.32. The molecule has 3 rings (SSSR count). The van der Waals surface area contributed by atoms with Crippen LogP contribution in [0.25, 0.3) is 0 Å². The monoisotopic (exact) mass is 408 g/mol. The number of nitrogens with one attached hydrogen (secondary N) is 1. The Bertz CT molecular complexity index is 741. The molecule has 162 valence electrons. The molecule has 0 saturated carbocycles. The average molecular weight is 409 g/mol. The van der Waals surface area contributed by atoms with Crippen LogP contribution in [0.5, 0.6) is 0 Å². The van der Waals surface area contributed by atoms with Gasteiger partial charge in [0, 0.05) is 30.7 Å². The van der Waals surface area contributed by atoms with Crippen molar-refractivity contribution in [2.45, 2.75) is 51.0 Å². The largest absolute Gasteiger partial charge is 0.378 e. The van der Waals surface area contributed by atoms with Crippen LogP contribution in [-0.2, 0) is 22.4 Å². The topological polar surface area (TPSA) is 41.6 Å². The minimum atomic E-state index is -0.253. The van der Waals surface area contributed by atoms with Crippen LogP contribution in [0.4, 0.5) is 5.69 Å². The molecule has 2 aromatic rings. The molecule has 1 fully saturated rings. The van der Waals surface area contributed by atoms with E-state index in [9.17, 15) is 4.79 Å². The van der Waals surface area contributed by atoms with Gasteiger partial charge >= 0.3 is 0 Å². The predicted molar refractivity (Wildman–Crippen MR) is 124 cm³/mol. The van der Waals surface area contributed by atoms with Crippen molar-refractivity contribution in [1.82, 2.24) is 5.32 Å². The first kappa shape index (κ1) is 22.5. The van der Waals surface area contributed by atoms with Gasteiger partial charge in [0.25, 0.3) is 0 Å². The van der Waals surface area contributed by atoms with Gasteiger partial charge in [0.05, 0.1) is 13.2 Å². The molecule has 0 bridgehead atoms. The molecule has 1 heterocycles. The minimum Gasteiger partial charge on any atom is -0.378 e. The summed E-state index contributed by atoms with van der Waals surface area (Å²) < 4.78 is 5.47. The van der Waals surface area contributed by atoms with Gasteiger partial charge < -0.3 is 19.7 Å². The summed E-state index contributed by atoms with van der Waals surface area (Å²) in [6.45, 7) is 6.65. The summed E-state index contributed by atoms with van der Waals surface area (Å²) in [5, 5.41) is 3.79. The Balaban J connectivity index is 1.76. The van der Waals surface area contributed by atoms with Gasteiger partial charge in [-0.25, -0.2) is 0 Å². The molecule has 1 N–H and O–H groups in total. The normalized spacial score (nSPS) is 16.2. The molecule has 1 atom stereocenters. The Kier molecular flexibility index (Phi) is 8.91. The highest BCUT2D eigenvalue weighted by Gasteiger charge is 2.30. The second kappa shape index (κ2) is 11.9. The lowest BCUT2D eigenvalue weighted by atomic mass is 9.82. The van der Waals surface area contributed by atoms with Gasteiger partial charge in [0.1, 0.15) is 6.29 Å². The van der Waals surface area contributed by atoms with Crippen LogP contribution in [0.2, 0.25) is 0 Å². The van der Waals surface area contributed by atoms with E-state index in [0.717, 1.165) is 58.4 Å². The molecule has 0 amide bonds. The van der Waals surface area contributed by atoms with Gasteiger partial charge in [-0.3, -0.25) is 0 Å². The third kappa shape index (κ3) is 6.68. The van der Waals surface area contributed by atoms with Crippen LogP contribution in [0.15, 0.2) is 54.6 Å². The lowest BCUT2D eigenvalue weighted by molar-refractivity contribution is -0.109. The van der Waals surface area contributed by atoms with Crippen LogP contribution < -0.4 is 10.2 Å². The molecular weight excluding hydrogens is 372 g/mol. The molecule has 1 aliphatic heterocycles. The molecule has 0 aliphatic carbocycles. The standard InChI is InChI=1S/C26H36N2O2/c1-2-3-7-15-27-26(14-18-29,21-23-8-5-4-6-9-23)22-24-10-12-25(13-11-24)28-16-19-30-20-17-28/h4-6,8-13,18,27H,2-3,7,14-17,19-22H2,1H3. The Morgan fingerprint density at radius 1 is 0.967 bits per heavy atom. The Labute approximate surface area is 181 Å². The van der Waals surface area contributed by atoms with Crippen molar-refractivity contribution < 1.29 is 9.53 Å². The van der Waals surface area contributed by atoms with Gasteiger partial charge in [-0.2, -0.15) is 0 Å². The predicted octanol–water partition coefficient (Wildman–Crippen LogP) is 4.42. The van der Waals surface area contributed by atoms with Crippen LogP contribution in [-0.4, -0.2) is 44.7 Å². The first-order valence-corrected chi connectivity index (χ1v) is 11.4. The fourth-order valence-corrected chi connectivity index (χ4v) is 4.32. The zero-order valence-corrected chi connectivity index (χ0v) is 18.3. The third-order valence-corrected chi connectivity index (χ3v) is 5.99. The molecule has 1 unspecified atom stereocenters. The van der Waals surface area contributed by atoms with E-state index < -0.39 is 0 Å². The third-order valence-electron chi connectivity index (χ3n) is 5.99. The Hall–Kier alpha value is -2.17. The van der Waals surface area contributed by atoms with Crippen molar-refractivity contribution >= 4 is 12.0 Å². The van der Waals surface area contributed by atoms with Crippen molar-refractivity contribution in [2.75, 3.05) is 37.7 Å². The molecule has 0 spiro atoms. The van der Waals surface area contributed by atoms with Crippen LogP contribution in [0, 0.1) is 0 Å². The summed E-state index contributed by atoms with van der Waals surface area (Å²) in [5.41, 5.74) is 3.54. The molecule has 1 saturated heterocycles. The first-order chi connectivity index (χ1) is 14.7. The van der Waals surface area contributed by atoms with Crippen molar-refractivity contribution in [2.24, 2.45) is 0 Å². The molecular formula is C26H36N2O2. The number of anilines is 1. The summed E-state index contributed by atoms with van der Waals surface area (Å²) in [4.78, 5) is 14.1. The van der Waals surface area contributed by atoms with Crippen LogP contribution in [0.1, 0.15) is 43.7 Å². The SMILES string of the molecule is CCCCCNC(CC=O)(Cc1ccccc1)Cc1ccc(N2CCOCC2)cc1. The number of ether oxygens (including phenoxy) is 1. The number of nitrogens with zero attached hydrogens (tertiary/aromatic N) is 1. The summed E-state index contributed by atoms with van der Waals surface area (Å²) in [6, 6.07) is 19.4. The van der Waals surface area contributed by atoms with Crippen molar-refractivity contribution in [3.63, 3.8) is 0 Å². The van der Waals surface area contributed by atoms with Crippen molar-refractivity contribution in [3.8, 4) is 0 Å². The maximum Gasteiger partial charge on any atom is 0.121 e. The Morgan fingerprint density at radius 3 is 2.27 bits per heavy atom. The van der Waals surface area contributed by atoms with E-state index in [1.807, 2.05) is 6.07 Å². The number of morpholine rings is 1. The second-order valence-electron chi connectivity index (χ2n) is 8.39. The number of rotatable bonds is 12. The number of carbonyl (C=O) groups is 1. The zero-order valence-electron chi connectivity index (χ0n) is 18.3. The molecule has 4 heteroatoms. The molecule has 30 heavy (non-hydrogen) atoms. The quantitative estimate of drug-likeness (QED) is 0.417. The van der Waals surface area contributed by atoms with E-state index in [0.29, 0.717) is 6.42 Å². The van der Waals surface area contributed by atoms with Crippen LogP contribution >= 0.6 is 0 Å². The van der Waals surface area contributed by atoms with E-state index in [1.165, 1.54) is 29.7 Å². The van der Waals surface area contributed by atoms with E-state index in [4.69, 9.17) is 4.74 Å². The number of aldehydes is 1.